The van der Waals surface area contributed by atoms with E-state index in [9.17, 15) is 4.79 Å². The van der Waals surface area contributed by atoms with Crippen LogP contribution in [-0.4, -0.2) is 29.0 Å². The summed E-state index contributed by atoms with van der Waals surface area (Å²) in [5.74, 6) is 0.704. The molecule has 0 unspecified atom stereocenters. The maximum Gasteiger partial charge on any atom is 0.187 e. The molecule has 0 atom stereocenters. The Balaban J connectivity index is 2.16. The van der Waals surface area contributed by atoms with Crippen LogP contribution in [0.1, 0.15) is 21.6 Å². The molecule has 0 amide bonds. The fourth-order valence-electron chi connectivity index (χ4n) is 2.08. The van der Waals surface area contributed by atoms with E-state index in [-0.39, 0.29) is 12.2 Å². The zero-order chi connectivity index (χ0) is 14.5. The van der Waals surface area contributed by atoms with Gasteiger partial charge < -0.3 is 15.0 Å². The summed E-state index contributed by atoms with van der Waals surface area (Å²) in [4.78, 5) is 16.4. The summed E-state index contributed by atoms with van der Waals surface area (Å²) in [6.07, 6.45) is 3.65. The first-order chi connectivity index (χ1) is 9.63. The predicted molar refractivity (Wildman–Crippen MR) is 77.0 cm³/mol. The highest BCUT2D eigenvalue weighted by atomic mass is 16.5. The zero-order valence-corrected chi connectivity index (χ0v) is 11.8. The lowest BCUT2D eigenvalue weighted by Crippen LogP contribution is -2.08. The number of benzene rings is 1. The Morgan fingerprint density at radius 1 is 1.45 bits per heavy atom. The Morgan fingerprint density at radius 2 is 2.25 bits per heavy atom. The topological polar surface area (TPSA) is 70.1 Å². The number of carbonyl (C=O) groups excluding carboxylic acids is 1. The van der Waals surface area contributed by atoms with Gasteiger partial charge in [0.25, 0.3) is 0 Å². The van der Waals surface area contributed by atoms with Gasteiger partial charge in [-0.05, 0) is 13.0 Å². The molecule has 5 heteroatoms. The third-order valence-corrected chi connectivity index (χ3v) is 3.09. The number of rotatable bonds is 6. The first kappa shape index (κ1) is 14.3. The Kier molecular flexibility index (Phi) is 4.53. The molecule has 0 saturated heterocycles. The first-order valence-corrected chi connectivity index (χ1v) is 6.52. The molecule has 0 aliphatic rings. The molecule has 1 aromatic carbocycles. The van der Waals surface area contributed by atoms with Gasteiger partial charge in [0.1, 0.15) is 11.4 Å². The molecular formula is C15H19N3O2. The Labute approximate surface area is 118 Å². The number of Topliss-reactive ketones (excluding diaryl/α,β-unsaturated/α-hetero) is 1. The second kappa shape index (κ2) is 6.34. The second-order valence-electron chi connectivity index (χ2n) is 4.70. The molecule has 0 aliphatic carbocycles. The molecule has 5 nitrogen and oxygen atoms in total. The van der Waals surface area contributed by atoms with Gasteiger partial charge >= 0.3 is 0 Å². The molecule has 2 aromatic rings. The Bertz CT molecular complexity index is 605. The number of aryl methyl sites for hydroxylation is 1. The maximum atomic E-state index is 12.2. The van der Waals surface area contributed by atoms with Crippen LogP contribution >= 0.6 is 0 Å². The quantitative estimate of drug-likeness (QED) is 0.811. The molecule has 1 heterocycles. The number of hydrogen-bond acceptors (Lipinski definition) is 4. The predicted octanol–water partition coefficient (Wildman–Crippen LogP) is 1.58. The average molecular weight is 273 g/mol. The molecule has 2 rings (SSSR count). The van der Waals surface area contributed by atoms with Crippen molar-refractivity contribution < 1.29 is 9.53 Å². The molecule has 0 aliphatic heterocycles. The highest BCUT2D eigenvalue weighted by molar-refractivity contribution is 5.95. The monoisotopic (exact) mass is 273 g/mol. The lowest BCUT2D eigenvalue weighted by molar-refractivity contribution is 0.0987. The van der Waals surface area contributed by atoms with Gasteiger partial charge in [-0.25, -0.2) is 4.98 Å². The number of imidazole rings is 1. The summed E-state index contributed by atoms with van der Waals surface area (Å²) in [5.41, 5.74) is 7.91. The number of nitrogens with two attached hydrogens (primary N) is 1. The molecule has 2 N–H and O–H groups in total. The lowest BCUT2D eigenvalue weighted by atomic mass is 10.0. The van der Waals surface area contributed by atoms with Gasteiger partial charge in [-0.15, -0.1) is 0 Å². The Hall–Kier alpha value is -2.14. The highest BCUT2D eigenvalue weighted by Gasteiger charge is 2.13. The molecule has 1 aromatic heterocycles. The minimum atomic E-state index is -0.0235. The smallest absolute Gasteiger partial charge is 0.187 e. The fourth-order valence-corrected chi connectivity index (χ4v) is 2.08. The number of nitrogens with zero attached hydrogens (tertiary/aromatic N) is 2. The first-order valence-electron chi connectivity index (χ1n) is 6.52. The third-order valence-electron chi connectivity index (χ3n) is 3.09. The van der Waals surface area contributed by atoms with Gasteiger partial charge in [0.15, 0.2) is 5.78 Å². The van der Waals surface area contributed by atoms with Crippen molar-refractivity contribution in [3.8, 4) is 5.75 Å². The van der Waals surface area contributed by atoms with Crippen molar-refractivity contribution in [3.05, 3.63) is 47.5 Å². The maximum absolute atomic E-state index is 12.2. The number of ether oxygens (including phenoxy) is 1. The van der Waals surface area contributed by atoms with Gasteiger partial charge in [0.05, 0.1) is 13.4 Å². The molecule has 20 heavy (non-hydrogen) atoms. The van der Waals surface area contributed by atoms with Crippen LogP contribution in [0.25, 0.3) is 0 Å². The van der Waals surface area contributed by atoms with Crippen molar-refractivity contribution in [1.29, 1.82) is 0 Å². The molecule has 0 spiro atoms. The van der Waals surface area contributed by atoms with E-state index in [0.29, 0.717) is 18.8 Å². The number of methoxy groups -OCH3 is 1. The van der Waals surface area contributed by atoms with Crippen LogP contribution in [0.15, 0.2) is 30.7 Å². The van der Waals surface area contributed by atoms with E-state index in [1.54, 1.807) is 19.6 Å². The van der Waals surface area contributed by atoms with Crippen LogP contribution in [0.4, 0.5) is 0 Å². The summed E-state index contributed by atoms with van der Waals surface area (Å²) >= 11 is 0. The van der Waals surface area contributed by atoms with E-state index >= 15 is 0 Å². The minimum Gasteiger partial charge on any atom is -0.496 e. The lowest BCUT2D eigenvalue weighted by Gasteiger charge is -2.08. The largest absolute Gasteiger partial charge is 0.496 e. The van der Waals surface area contributed by atoms with E-state index in [1.165, 1.54) is 0 Å². The van der Waals surface area contributed by atoms with E-state index < -0.39 is 0 Å². The zero-order valence-electron chi connectivity index (χ0n) is 11.8. The van der Waals surface area contributed by atoms with Crippen LogP contribution in [0.2, 0.25) is 0 Å². The van der Waals surface area contributed by atoms with Crippen molar-refractivity contribution in [2.75, 3.05) is 13.7 Å². The summed E-state index contributed by atoms with van der Waals surface area (Å²) in [6, 6.07) is 5.81. The van der Waals surface area contributed by atoms with Gasteiger partial charge in [-0.3, -0.25) is 4.79 Å². The van der Waals surface area contributed by atoms with E-state index in [1.807, 2.05) is 29.7 Å². The van der Waals surface area contributed by atoms with Crippen molar-refractivity contribution in [2.24, 2.45) is 5.73 Å². The normalized spacial score (nSPS) is 10.6. The molecule has 0 bridgehead atoms. The van der Waals surface area contributed by atoms with Crippen LogP contribution < -0.4 is 10.5 Å². The highest BCUT2D eigenvalue weighted by Crippen LogP contribution is 2.21. The van der Waals surface area contributed by atoms with Crippen molar-refractivity contribution in [2.45, 2.75) is 19.9 Å². The molecule has 0 radical (unpaired) electrons. The minimum absolute atomic E-state index is 0.0235. The number of carbonyl (C=O) groups is 1. The average Bonchev–Trinajstić information content (AvgIpc) is 2.88. The molecule has 0 saturated carbocycles. The van der Waals surface area contributed by atoms with Gasteiger partial charge in [0.2, 0.25) is 0 Å². The SMILES string of the molecule is COc1ccc(C)cc1CC(=O)c1cn(CCN)cn1. The van der Waals surface area contributed by atoms with Crippen LogP contribution in [0, 0.1) is 6.92 Å². The van der Waals surface area contributed by atoms with Gasteiger partial charge in [0, 0.05) is 31.3 Å². The van der Waals surface area contributed by atoms with Crippen LogP contribution in [0.3, 0.4) is 0 Å². The third kappa shape index (κ3) is 3.24. The second-order valence-corrected chi connectivity index (χ2v) is 4.70. The van der Waals surface area contributed by atoms with E-state index in [2.05, 4.69) is 4.98 Å². The van der Waals surface area contributed by atoms with Crippen LogP contribution in [-0.2, 0) is 13.0 Å². The fraction of sp³-hybridized carbons (Fsp3) is 0.333. The molecule has 106 valence electrons. The summed E-state index contributed by atoms with van der Waals surface area (Å²) in [5, 5.41) is 0. The number of hydrogen-bond donors (Lipinski definition) is 1. The van der Waals surface area contributed by atoms with E-state index in [4.69, 9.17) is 10.5 Å². The van der Waals surface area contributed by atoms with E-state index in [0.717, 1.165) is 16.9 Å². The number of aromatic nitrogens is 2. The van der Waals surface area contributed by atoms with Gasteiger partial charge in [-0.1, -0.05) is 17.7 Å². The number of ketones is 1. The summed E-state index contributed by atoms with van der Waals surface area (Å²) in [6.45, 7) is 3.17. The standard InChI is InChI=1S/C15H19N3O2/c1-11-3-4-15(20-2)12(7-11)8-14(19)13-9-18(6-5-16)10-17-13/h3-4,7,9-10H,5-6,8,16H2,1-2H3. The van der Waals surface area contributed by atoms with Crippen molar-refractivity contribution >= 4 is 5.78 Å². The summed E-state index contributed by atoms with van der Waals surface area (Å²) in [7, 11) is 1.61. The molecular weight excluding hydrogens is 254 g/mol. The summed E-state index contributed by atoms with van der Waals surface area (Å²) < 4.78 is 7.11. The van der Waals surface area contributed by atoms with Gasteiger partial charge in [-0.2, -0.15) is 0 Å². The van der Waals surface area contributed by atoms with Crippen molar-refractivity contribution in [1.82, 2.24) is 9.55 Å². The Morgan fingerprint density at radius 3 is 2.95 bits per heavy atom. The van der Waals surface area contributed by atoms with Crippen LogP contribution in [0.5, 0.6) is 5.75 Å². The molecule has 0 fully saturated rings. The van der Waals surface area contributed by atoms with Crippen molar-refractivity contribution in [3.63, 3.8) is 0 Å².